The predicted octanol–water partition coefficient (Wildman–Crippen LogP) is 2.46. The number of benzene rings is 1. The molecule has 2 unspecified atom stereocenters. The molecular formula is C15H16O4. The molecule has 2 heterocycles. The number of epoxide rings is 1. The molecule has 1 saturated heterocycles. The molecule has 1 aromatic rings. The summed E-state index contributed by atoms with van der Waals surface area (Å²) in [5.74, 6) is 1.28. The van der Waals surface area contributed by atoms with Crippen molar-refractivity contribution in [2.24, 2.45) is 0 Å². The second-order valence-electron chi connectivity index (χ2n) is 5.00. The lowest BCUT2D eigenvalue weighted by Gasteiger charge is -2.18. The van der Waals surface area contributed by atoms with Crippen LogP contribution in [0.15, 0.2) is 18.2 Å². The summed E-state index contributed by atoms with van der Waals surface area (Å²) in [6, 6.07) is 3.55. The Labute approximate surface area is 112 Å². The van der Waals surface area contributed by atoms with Gasteiger partial charge < -0.3 is 14.2 Å². The Hall–Kier alpha value is -1.81. The second kappa shape index (κ2) is 4.10. The summed E-state index contributed by atoms with van der Waals surface area (Å²) in [4.78, 5) is 12.6. The summed E-state index contributed by atoms with van der Waals surface area (Å²) in [5.41, 5.74) is 0.684. The van der Waals surface area contributed by atoms with Gasteiger partial charge in [0.2, 0.25) is 0 Å². The van der Waals surface area contributed by atoms with Crippen LogP contribution >= 0.6 is 0 Å². The maximum Gasteiger partial charge on any atom is 0.197 e. The van der Waals surface area contributed by atoms with E-state index in [0.717, 1.165) is 5.56 Å². The number of ketones is 1. The predicted molar refractivity (Wildman–Crippen MR) is 70.8 cm³/mol. The van der Waals surface area contributed by atoms with E-state index in [0.29, 0.717) is 23.7 Å². The number of rotatable bonds is 3. The van der Waals surface area contributed by atoms with Crippen LogP contribution in [-0.4, -0.2) is 31.2 Å². The van der Waals surface area contributed by atoms with Crippen molar-refractivity contribution in [2.45, 2.75) is 25.6 Å². The number of methoxy groups -OCH3 is 1. The van der Waals surface area contributed by atoms with E-state index in [1.807, 2.05) is 26.0 Å². The van der Waals surface area contributed by atoms with E-state index in [2.05, 4.69) is 0 Å². The molecule has 4 nitrogen and oxygen atoms in total. The van der Waals surface area contributed by atoms with Crippen molar-refractivity contribution in [2.75, 3.05) is 13.7 Å². The maximum absolute atomic E-state index is 12.6. The molecule has 0 aromatic heterocycles. The van der Waals surface area contributed by atoms with Crippen LogP contribution in [0, 0.1) is 0 Å². The summed E-state index contributed by atoms with van der Waals surface area (Å²) >= 11 is 0. The molecule has 4 heteroatoms. The lowest BCUT2D eigenvalue weighted by atomic mass is 9.91. The average Bonchev–Trinajstić information content (AvgIpc) is 3.05. The van der Waals surface area contributed by atoms with Crippen LogP contribution in [0.2, 0.25) is 0 Å². The number of Topliss-reactive ketones (excluding diaryl/α,β-unsaturated/α-hetero) is 1. The number of fused-ring (bicyclic) bond motifs is 1. The van der Waals surface area contributed by atoms with Crippen LogP contribution in [0.25, 0.3) is 6.08 Å². The molecular weight excluding hydrogens is 244 g/mol. The van der Waals surface area contributed by atoms with Gasteiger partial charge in [-0.1, -0.05) is 6.08 Å². The standard InChI is InChI=1S/C15H16O4/c1-9-15(2,19-9)14(16)12-7-10(17-3)8-13-11(12)5-4-6-18-13/h4-5,7-9H,6H2,1-3H3. The first-order valence-electron chi connectivity index (χ1n) is 6.30. The number of ether oxygens (including phenoxy) is 3. The minimum Gasteiger partial charge on any atom is -0.497 e. The van der Waals surface area contributed by atoms with Crippen LogP contribution in [0.3, 0.4) is 0 Å². The molecule has 2 aliphatic heterocycles. The zero-order valence-electron chi connectivity index (χ0n) is 11.2. The van der Waals surface area contributed by atoms with Crippen molar-refractivity contribution < 1.29 is 19.0 Å². The molecule has 19 heavy (non-hydrogen) atoms. The molecule has 0 spiro atoms. The second-order valence-corrected chi connectivity index (χ2v) is 5.00. The van der Waals surface area contributed by atoms with Gasteiger partial charge in [-0.25, -0.2) is 0 Å². The molecule has 2 atom stereocenters. The van der Waals surface area contributed by atoms with Crippen molar-refractivity contribution in [3.05, 3.63) is 29.3 Å². The zero-order valence-corrected chi connectivity index (χ0v) is 11.2. The fourth-order valence-electron chi connectivity index (χ4n) is 2.34. The molecule has 1 aromatic carbocycles. The van der Waals surface area contributed by atoms with Gasteiger partial charge in [0.05, 0.1) is 13.2 Å². The van der Waals surface area contributed by atoms with Gasteiger partial charge >= 0.3 is 0 Å². The highest BCUT2D eigenvalue weighted by molar-refractivity contribution is 6.07. The van der Waals surface area contributed by atoms with Gasteiger partial charge in [0.1, 0.15) is 18.1 Å². The normalized spacial score (nSPS) is 27.4. The van der Waals surface area contributed by atoms with Crippen LogP contribution in [0.1, 0.15) is 29.8 Å². The number of carbonyl (C=O) groups is 1. The Morgan fingerprint density at radius 3 is 2.84 bits per heavy atom. The number of hydrogen-bond donors (Lipinski definition) is 0. The van der Waals surface area contributed by atoms with E-state index in [9.17, 15) is 4.79 Å². The summed E-state index contributed by atoms with van der Waals surface area (Å²) in [7, 11) is 1.58. The fourth-order valence-corrected chi connectivity index (χ4v) is 2.34. The summed E-state index contributed by atoms with van der Waals surface area (Å²) in [6.45, 7) is 4.23. The van der Waals surface area contributed by atoms with Gasteiger partial charge in [0.15, 0.2) is 11.4 Å². The first-order valence-corrected chi connectivity index (χ1v) is 6.30. The van der Waals surface area contributed by atoms with E-state index >= 15 is 0 Å². The summed E-state index contributed by atoms with van der Waals surface area (Å²) in [6.07, 6.45) is 3.77. The molecule has 2 aliphatic rings. The SMILES string of the molecule is COc1cc2c(c(C(=O)C3(C)OC3C)c1)C=CCO2. The van der Waals surface area contributed by atoms with E-state index in [4.69, 9.17) is 14.2 Å². The van der Waals surface area contributed by atoms with Crippen LogP contribution < -0.4 is 9.47 Å². The molecule has 0 amide bonds. The molecule has 0 bridgehead atoms. The van der Waals surface area contributed by atoms with Crippen molar-refractivity contribution in [3.8, 4) is 11.5 Å². The lowest BCUT2D eigenvalue weighted by Crippen LogP contribution is -2.24. The highest BCUT2D eigenvalue weighted by atomic mass is 16.6. The van der Waals surface area contributed by atoms with Gasteiger partial charge in [-0.15, -0.1) is 0 Å². The Bertz CT molecular complexity index is 576. The van der Waals surface area contributed by atoms with Crippen molar-refractivity contribution in [1.29, 1.82) is 0 Å². The van der Waals surface area contributed by atoms with Crippen LogP contribution in [0.5, 0.6) is 11.5 Å². The average molecular weight is 260 g/mol. The lowest BCUT2D eigenvalue weighted by molar-refractivity contribution is 0.0887. The fraction of sp³-hybridized carbons (Fsp3) is 0.400. The monoisotopic (exact) mass is 260 g/mol. The molecule has 0 saturated carbocycles. The third kappa shape index (κ3) is 1.83. The van der Waals surface area contributed by atoms with E-state index < -0.39 is 5.60 Å². The van der Waals surface area contributed by atoms with Crippen molar-refractivity contribution in [3.63, 3.8) is 0 Å². The topological polar surface area (TPSA) is 48.1 Å². The number of hydrogen-bond acceptors (Lipinski definition) is 4. The van der Waals surface area contributed by atoms with E-state index in [1.54, 1.807) is 19.2 Å². The molecule has 0 radical (unpaired) electrons. The molecule has 1 fully saturated rings. The summed E-state index contributed by atoms with van der Waals surface area (Å²) in [5, 5.41) is 0. The maximum atomic E-state index is 12.6. The Balaban J connectivity index is 2.10. The Kier molecular flexibility index (Phi) is 2.64. The highest BCUT2D eigenvalue weighted by Gasteiger charge is 2.56. The van der Waals surface area contributed by atoms with Gasteiger partial charge in [0, 0.05) is 17.2 Å². The van der Waals surface area contributed by atoms with Gasteiger partial charge in [-0.05, 0) is 26.0 Å². The highest BCUT2D eigenvalue weighted by Crippen LogP contribution is 2.42. The van der Waals surface area contributed by atoms with Crippen molar-refractivity contribution in [1.82, 2.24) is 0 Å². The number of carbonyl (C=O) groups excluding carboxylic acids is 1. The third-order valence-corrected chi connectivity index (χ3v) is 3.81. The zero-order chi connectivity index (χ0) is 13.6. The van der Waals surface area contributed by atoms with Crippen molar-refractivity contribution >= 4 is 11.9 Å². The first-order chi connectivity index (χ1) is 9.06. The largest absolute Gasteiger partial charge is 0.497 e. The van der Waals surface area contributed by atoms with Crippen LogP contribution in [-0.2, 0) is 4.74 Å². The first kappa shape index (κ1) is 12.2. The minimum atomic E-state index is -0.717. The molecule has 100 valence electrons. The van der Waals surface area contributed by atoms with Gasteiger partial charge in [-0.2, -0.15) is 0 Å². The molecule has 0 aliphatic carbocycles. The Morgan fingerprint density at radius 1 is 1.47 bits per heavy atom. The molecule has 3 rings (SSSR count). The van der Waals surface area contributed by atoms with Crippen LogP contribution in [0.4, 0.5) is 0 Å². The van der Waals surface area contributed by atoms with Gasteiger partial charge in [0.25, 0.3) is 0 Å². The van der Waals surface area contributed by atoms with Gasteiger partial charge in [-0.3, -0.25) is 4.79 Å². The smallest absolute Gasteiger partial charge is 0.197 e. The quantitative estimate of drug-likeness (QED) is 0.618. The minimum absolute atomic E-state index is 0.0229. The van der Waals surface area contributed by atoms with E-state index in [-0.39, 0.29) is 11.9 Å². The van der Waals surface area contributed by atoms with E-state index in [1.165, 1.54) is 0 Å². The Morgan fingerprint density at radius 2 is 2.21 bits per heavy atom. The third-order valence-electron chi connectivity index (χ3n) is 3.81. The summed E-state index contributed by atoms with van der Waals surface area (Å²) < 4.78 is 16.2. The molecule has 0 N–H and O–H groups in total.